The van der Waals surface area contributed by atoms with Gasteiger partial charge in [0, 0.05) is 13.0 Å². The monoisotopic (exact) mass is 257 g/mol. The number of hydrogen-bond donors (Lipinski definition) is 1. The van der Waals surface area contributed by atoms with E-state index in [0.717, 1.165) is 12.8 Å². The molecule has 0 bridgehead atoms. The van der Waals surface area contributed by atoms with Crippen molar-refractivity contribution in [2.45, 2.75) is 65.9 Å². The van der Waals surface area contributed by atoms with Crippen molar-refractivity contribution in [2.75, 3.05) is 6.54 Å². The number of carbonyl (C=O) groups is 2. The van der Waals surface area contributed by atoms with Crippen molar-refractivity contribution >= 4 is 11.9 Å². The van der Waals surface area contributed by atoms with Gasteiger partial charge in [0.2, 0.25) is 5.91 Å². The average Bonchev–Trinajstić information content (AvgIpc) is 2.25. The molecule has 0 aliphatic heterocycles. The molecule has 0 heterocycles. The maximum atomic E-state index is 11.5. The molecule has 0 radical (unpaired) electrons. The highest BCUT2D eigenvalue weighted by Crippen LogP contribution is 2.09. The van der Waals surface area contributed by atoms with Crippen LogP contribution in [0.15, 0.2) is 0 Å². The van der Waals surface area contributed by atoms with E-state index in [-0.39, 0.29) is 24.7 Å². The Labute approximate surface area is 110 Å². The molecule has 0 rings (SSSR count). The van der Waals surface area contributed by atoms with E-state index < -0.39 is 5.60 Å². The molecule has 1 N–H and O–H groups in total. The Morgan fingerprint density at radius 3 is 2.11 bits per heavy atom. The van der Waals surface area contributed by atoms with Gasteiger partial charge in [-0.2, -0.15) is 0 Å². The lowest BCUT2D eigenvalue weighted by molar-refractivity contribution is -0.155. The number of esters is 1. The number of amides is 1. The molecule has 0 unspecified atom stereocenters. The maximum absolute atomic E-state index is 11.5. The molecule has 0 saturated carbocycles. The molecule has 0 atom stereocenters. The summed E-state index contributed by atoms with van der Waals surface area (Å²) in [4.78, 5) is 22.9. The van der Waals surface area contributed by atoms with Gasteiger partial charge in [0.1, 0.15) is 5.60 Å². The van der Waals surface area contributed by atoms with Crippen LogP contribution in [0.4, 0.5) is 0 Å². The Bertz CT molecular complexity index is 265. The minimum Gasteiger partial charge on any atom is -0.460 e. The van der Waals surface area contributed by atoms with E-state index in [1.165, 1.54) is 0 Å². The maximum Gasteiger partial charge on any atom is 0.306 e. The first kappa shape index (κ1) is 16.9. The molecule has 0 spiro atoms. The average molecular weight is 257 g/mol. The van der Waals surface area contributed by atoms with Gasteiger partial charge in [-0.05, 0) is 26.7 Å². The van der Waals surface area contributed by atoms with Crippen molar-refractivity contribution in [2.24, 2.45) is 5.92 Å². The van der Waals surface area contributed by atoms with Crippen LogP contribution in [-0.2, 0) is 14.3 Å². The lowest BCUT2D eigenvalue weighted by Gasteiger charge is -2.19. The minimum atomic E-state index is -0.483. The lowest BCUT2D eigenvalue weighted by Crippen LogP contribution is -2.30. The van der Waals surface area contributed by atoms with E-state index in [0.29, 0.717) is 12.5 Å². The molecule has 0 aliphatic carbocycles. The Kier molecular flexibility index (Phi) is 7.64. The lowest BCUT2D eigenvalue weighted by atomic mass is 10.0. The SMILES string of the molecule is CCC(CC)CNC(=O)CCC(=O)OC(C)(C)C. The second-order valence-corrected chi connectivity index (χ2v) is 5.57. The van der Waals surface area contributed by atoms with Crippen molar-refractivity contribution in [3.8, 4) is 0 Å². The fourth-order valence-electron chi connectivity index (χ4n) is 1.53. The van der Waals surface area contributed by atoms with Crippen LogP contribution in [0.5, 0.6) is 0 Å². The molecule has 1 amide bonds. The first-order chi connectivity index (χ1) is 8.28. The highest BCUT2D eigenvalue weighted by molar-refractivity contribution is 5.81. The predicted octanol–water partition coefficient (Wildman–Crippen LogP) is 2.66. The summed E-state index contributed by atoms with van der Waals surface area (Å²) < 4.78 is 5.14. The molecule has 0 aromatic carbocycles. The molecule has 0 saturated heterocycles. The van der Waals surface area contributed by atoms with Crippen molar-refractivity contribution in [1.29, 1.82) is 0 Å². The third-order valence-corrected chi connectivity index (χ3v) is 2.72. The van der Waals surface area contributed by atoms with E-state index in [9.17, 15) is 9.59 Å². The van der Waals surface area contributed by atoms with Crippen LogP contribution in [0.2, 0.25) is 0 Å². The number of carbonyl (C=O) groups excluding carboxylic acids is 2. The van der Waals surface area contributed by atoms with Gasteiger partial charge in [0.15, 0.2) is 0 Å². The third kappa shape index (κ3) is 9.02. The summed E-state index contributed by atoms with van der Waals surface area (Å²) >= 11 is 0. The van der Waals surface area contributed by atoms with Gasteiger partial charge in [-0.1, -0.05) is 26.7 Å². The summed E-state index contributed by atoms with van der Waals surface area (Å²) in [6.07, 6.45) is 2.47. The molecule has 0 aromatic heterocycles. The Morgan fingerprint density at radius 2 is 1.67 bits per heavy atom. The van der Waals surface area contributed by atoms with Gasteiger partial charge in [0.05, 0.1) is 6.42 Å². The number of ether oxygens (including phenoxy) is 1. The van der Waals surface area contributed by atoms with Crippen molar-refractivity contribution in [1.82, 2.24) is 5.32 Å². The fraction of sp³-hybridized carbons (Fsp3) is 0.857. The summed E-state index contributed by atoms with van der Waals surface area (Å²) in [6.45, 7) is 10.4. The first-order valence-corrected chi connectivity index (χ1v) is 6.77. The molecule has 18 heavy (non-hydrogen) atoms. The second kappa shape index (κ2) is 8.11. The molecule has 0 fully saturated rings. The number of nitrogens with one attached hydrogen (secondary N) is 1. The Balaban J connectivity index is 3.80. The summed E-state index contributed by atoms with van der Waals surface area (Å²) in [5, 5.41) is 2.86. The topological polar surface area (TPSA) is 55.4 Å². The summed E-state index contributed by atoms with van der Waals surface area (Å²) in [5.41, 5.74) is -0.483. The molecule has 4 heteroatoms. The summed E-state index contributed by atoms with van der Waals surface area (Å²) in [6, 6.07) is 0. The van der Waals surface area contributed by atoms with Crippen LogP contribution in [0.3, 0.4) is 0 Å². The van der Waals surface area contributed by atoms with Crippen LogP contribution in [0.25, 0.3) is 0 Å². The van der Waals surface area contributed by atoms with E-state index in [2.05, 4.69) is 19.2 Å². The second-order valence-electron chi connectivity index (χ2n) is 5.57. The zero-order valence-corrected chi connectivity index (χ0v) is 12.3. The highest BCUT2D eigenvalue weighted by atomic mass is 16.6. The molecule has 4 nitrogen and oxygen atoms in total. The molecule has 0 aliphatic rings. The first-order valence-electron chi connectivity index (χ1n) is 6.77. The van der Waals surface area contributed by atoms with Gasteiger partial charge in [-0.3, -0.25) is 9.59 Å². The van der Waals surface area contributed by atoms with Crippen molar-refractivity contribution in [3.63, 3.8) is 0 Å². The summed E-state index contributed by atoms with van der Waals surface area (Å²) in [5.74, 6) is 0.128. The van der Waals surface area contributed by atoms with E-state index >= 15 is 0 Å². The highest BCUT2D eigenvalue weighted by Gasteiger charge is 2.17. The Morgan fingerprint density at radius 1 is 1.11 bits per heavy atom. The largest absolute Gasteiger partial charge is 0.460 e. The molecule has 0 aromatic rings. The summed E-state index contributed by atoms with van der Waals surface area (Å²) in [7, 11) is 0. The fourth-order valence-corrected chi connectivity index (χ4v) is 1.53. The minimum absolute atomic E-state index is 0.0761. The smallest absolute Gasteiger partial charge is 0.306 e. The Hall–Kier alpha value is -1.06. The zero-order chi connectivity index (χ0) is 14.2. The third-order valence-electron chi connectivity index (χ3n) is 2.72. The van der Waals surface area contributed by atoms with E-state index in [1.54, 1.807) is 0 Å². The quantitative estimate of drug-likeness (QED) is 0.713. The van der Waals surface area contributed by atoms with Crippen molar-refractivity contribution in [3.05, 3.63) is 0 Å². The van der Waals surface area contributed by atoms with Gasteiger partial charge in [-0.15, -0.1) is 0 Å². The van der Waals surface area contributed by atoms with Crippen LogP contribution in [0.1, 0.15) is 60.3 Å². The van der Waals surface area contributed by atoms with Gasteiger partial charge >= 0.3 is 5.97 Å². The predicted molar refractivity (Wildman–Crippen MR) is 72.2 cm³/mol. The normalized spacial score (nSPS) is 11.4. The van der Waals surface area contributed by atoms with E-state index in [4.69, 9.17) is 4.74 Å². The van der Waals surface area contributed by atoms with Crippen molar-refractivity contribution < 1.29 is 14.3 Å². The molecular formula is C14H27NO3. The van der Waals surface area contributed by atoms with Gasteiger partial charge < -0.3 is 10.1 Å². The standard InChI is InChI=1S/C14H27NO3/c1-6-11(7-2)10-15-12(16)8-9-13(17)18-14(3,4)5/h11H,6-10H2,1-5H3,(H,15,16). The molecule has 106 valence electrons. The molecular weight excluding hydrogens is 230 g/mol. The van der Waals surface area contributed by atoms with Crippen LogP contribution >= 0.6 is 0 Å². The number of hydrogen-bond acceptors (Lipinski definition) is 3. The van der Waals surface area contributed by atoms with Crippen LogP contribution < -0.4 is 5.32 Å². The van der Waals surface area contributed by atoms with Gasteiger partial charge in [-0.25, -0.2) is 0 Å². The van der Waals surface area contributed by atoms with Crippen LogP contribution in [-0.4, -0.2) is 24.0 Å². The zero-order valence-electron chi connectivity index (χ0n) is 12.3. The van der Waals surface area contributed by atoms with Crippen LogP contribution in [0, 0.1) is 5.92 Å². The number of rotatable bonds is 7. The van der Waals surface area contributed by atoms with Gasteiger partial charge in [0.25, 0.3) is 0 Å². The van der Waals surface area contributed by atoms with E-state index in [1.807, 2.05) is 20.8 Å².